The SMILES string of the molecule is CCCNC(CN(C)C1CCCN(C)C1)C1CCCC1. The van der Waals surface area contributed by atoms with Crippen molar-refractivity contribution in [3.05, 3.63) is 0 Å². The van der Waals surface area contributed by atoms with E-state index in [2.05, 4.69) is 36.1 Å². The molecule has 0 spiro atoms. The van der Waals surface area contributed by atoms with E-state index in [4.69, 9.17) is 0 Å². The van der Waals surface area contributed by atoms with E-state index in [1.165, 1.54) is 71.1 Å². The summed E-state index contributed by atoms with van der Waals surface area (Å²) in [5.74, 6) is 0.922. The van der Waals surface area contributed by atoms with Crippen LogP contribution in [0.4, 0.5) is 0 Å². The van der Waals surface area contributed by atoms with Crippen molar-refractivity contribution in [1.29, 1.82) is 0 Å². The van der Waals surface area contributed by atoms with Crippen LogP contribution in [0.3, 0.4) is 0 Å². The fraction of sp³-hybridized carbons (Fsp3) is 1.00. The lowest BCUT2D eigenvalue weighted by Gasteiger charge is -2.38. The van der Waals surface area contributed by atoms with Crippen molar-refractivity contribution in [3.8, 4) is 0 Å². The normalized spacial score (nSPS) is 27.3. The Morgan fingerprint density at radius 1 is 1.20 bits per heavy atom. The van der Waals surface area contributed by atoms with Gasteiger partial charge in [-0.3, -0.25) is 0 Å². The van der Waals surface area contributed by atoms with E-state index in [0.29, 0.717) is 0 Å². The van der Waals surface area contributed by atoms with Gasteiger partial charge >= 0.3 is 0 Å². The van der Waals surface area contributed by atoms with Crippen molar-refractivity contribution in [2.75, 3.05) is 40.3 Å². The lowest BCUT2D eigenvalue weighted by molar-refractivity contribution is 0.116. The number of likely N-dealkylation sites (tertiary alicyclic amines) is 1. The van der Waals surface area contributed by atoms with Crippen LogP contribution in [-0.4, -0.2) is 62.2 Å². The third kappa shape index (κ3) is 4.71. The minimum atomic E-state index is 0.717. The summed E-state index contributed by atoms with van der Waals surface area (Å²) < 4.78 is 0. The van der Waals surface area contributed by atoms with E-state index in [9.17, 15) is 0 Å². The van der Waals surface area contributed by atoms with Gasteiger partial charge in [0.05, 0.1) is 0 Å². The first-order valence-electron chi connectivity index (χ1n) is 8.83. The monoisotopic (exact) mass is 281 g/mol. The molecule has 3 nitrogen and oxygen atoms in total. The van der Waals surface area contributed by atoms with Crippen LogP contribution < -0.4 is 5.32 Å². The first kappa shape index (κ1) is 16.3. The molecule has 0 bridgehead atoms. The van der Waals surface area contributed by atoms with Gasteiger partial charge in [0, 0.05) is 25.2 Å². The fourth-order valence-electron chi connectivity index (χ4n) is 4.03. The van der Waals surface area contributed by atoms with E-state index in [1.54, 1.807) is 0 Å². The molecule has 3 heteroatoms. The maximum absolute atomic E-state index is 3.84. The molecule has 20 heavy (non-hydrogen) atoms. The van der Waals surface area contributed by atoms with Gasteiger partial charge in [-0.25, -0.2) is 0 Å². The number of likely N-dealkylation sites (N-methyl/N-ethyl adjacent to an activating group) is 2. The summed E-state index contributed by atoms with van der Waals surface area (Å²) in [7, 11) is 4.61. The van der Waals surface area contributed by atoms with Gasteiger partial charge < -0.3 is 15.1 Å². The summed E-state index contributed by atoms with van der Waals surface area (Å²) >= 11 is 0. The molecule has 2 fully saturated rings. The molecule has 118 valence electrons. The summed E-state index contributed by atoms with van der Waals surface area (Å²) in [4.78, 5) is 5.13. The molecule has 0 aromatic heterocycles. The van der Waals surface area contributed by atoms with Crippen LogP contribution >= 0.6 is 0 Å². The molecule has 0 aromatic rings. The molecule has 1 aliphatic carbocycles. The summed E-state index contributed by atoms with van der Waals surface area (Å²) in [5, 5.41) is 3.84. The first-order chi connectivity index (χ1) is 9.70. The quantitative estimate of drug-likeness (QED) is 0.774. The summed E-state index contributed by atoms with van der Waals surface area (Å²) in [5.41, 5.74) is 0. The highest BCUT2D eigenvalue weighted by molar-refractivity contribution is 4.86. The van der Waals surface area contributed by atoms with Gasteiger partial charge in [0.15, 0.2) is 0 Å². The summed E-state index contributed by atoms with van der Waals surface area (Å²) in [6.07, 6.45) is 9.78. The van der Waals surface area contributed by atoms with Gasteiger partial charge in [-0.05, 0) is 65.2 Å². The van der Waals surface area contributed by atoms with Crippen molar-refractivity contribution in [1.82, 2.24) is 15.1 Å². The lowest BCUT2D eigenvalue weighted by Crippen LogP contribution is -2.51. The molecule has 0 radical (unpaired) electrons. The number of nitrogens with zero attached hydrogens (tertiary/aromatic N) is 2. The Morgan fingerprint density at radius 3 is 2.60 bits per heavy atom. The number of rotatable bonds is 7. The fourth-order valence-corrected chi connectivity index (χ4v) is 4.03. The van der Waals surface area contributed by atoms with E-state index >= 15 is 0 Å². The van der Waals surface area contributed by atoms with Crippen LogP contribution in [0.5, 0.6) is 0 Å². The summed E-state index contributed by atoms with van der Waals surface area (Å²) in [6.45, 7) is 7.23. The Kier molecular flexibility index (Phi) is 6.79. The molecule has 1 aliphatic heterocycles. The second-order valence-electron chi connectivity index (χ2n) is 7.10. The third-order valence-corrected chi connectivity index (χ3v) is 5.33. The van der Waals surface area contributed by atoms with Crippen LogP contribution in [0, 0.1) is 5.92 Å². The zero-order valence-corrected chi connectivity index (χ0v) is 13.9. The van der Waals surface area contributed by atoms with Gasteiger partial charge in [0.2, 0.25) is 0 Å². The van der Waals surface area contributed by atoms with Crippen molar-refractivity contribution in [2.24, 2.45) is 5.92 Å². The van der Waals surface area contributed by atoms with E-state index in [0.717, 1.165) is 18.0 Å². The summed E-state index contributed by atoms with van der Waals surface area (Å²) in [6, 6.07) is 1.48. The molecule has 2 unspecified atom stereocenters. The molecule has 2 aliphatic rings. The minimum Gasteiger partial charge on any atom is -0.312 e. The van der Waals surface area contributed by atoms with Crippen molar-refractivity contribution < 1.29 is 0 Å². The number of hydrogen-bond donors (Lipinski definition) is 1. The zero-order chi connectivity index (χ0) is 14.4. The molecule has 2 rings (SSSR count). The smallest absolute Gasteiger partial charge is 0.0223 e. The average Bonchev–Trinajstić information content (AvgIpc) is 2.97. The number of hydrogen-bond acceptors (Lipinski definition) is 3. The standard InChI is InChI=1S/C17H35N3/c1-4-11-18-17(15-8-5-6-9-15)14-20(3)16-10-7-12-19(2)13-16/h15-18H,4-14H2,1-3H3. The van der Waals surface area contributed by atoms with Gasteiger partial charge in [-0.2, -0.15) is 0 Å². The highest BCUT2D eigenvalue weighted by Gasteiger charge is 2.28. The second kappa shape index (κ2) is 8.35. The van der Waals surface area contributed by atoms with Crippen LogP contribution in [0.15, 0.2) is 0 Å². The maximum Gasteiger partial charge on any atom is 0.0223 e. The molecule has 0 aromatic carbocycles. The number of nitrogens with one attached hydrogen (secondary N) is 1. The van der Waals surface area contributed by atoms with Crippen molar-refractivity contribution >= 4 is 0 Å². The molecule has 1 heterocycles. The van der Waals surface area contributed by atoms with E-state index in [-0.39, 0.29) is 0 Å². The van der Waals surface area contributed by atoms with Crippen molar-refractivity contribution in [3.63, 3.8) is 0 Å². The largest absolute Gasteiger partial charge is 0.312 e. The van der Waals surface area contributed by atoms with Crippen LogP contribution in [0.1, 0.15) is 51.9 Å². The van der Waals surface area contributed by atoms with E-state index in [1.807, 2.05) is 0 Å². The van der Waals surface area contributed by atoms with Crippen LogP contribution in [-0.2, 0) is 0 Å². The Balaban J connectivity index is 1.84. The number of piperidine rings is 1. The van der Waals surface area contributed by atoms with Crippen LogP contribution in [0.2, 0.25) is 0 Å². The molecule has 0 amide bonds. The molecular formula is C17H35N3. The maximum atomic E-state index is 3.84. The highest BCUT2D eigenvalue weighted by Crippen LogP contribution is 2.28. The predicted octanol–water partition coefficient (Wildman–Crippen LogP) is 2.57. The predicted molar refractivity (Wildman–Crippen MR) is 87.2 cm³/mol. The molecule has 1 saturated carbocycles. The first-order valence-corrected chi connectivity index (χ1v) is 8.83. The van der Waals surface area contributed by atoms with Gasteiger partial charge in [-0.1, -0.05) is 19.8 Å². The average molecular weight is 281 g/mol. The third-order valence-electron chi connectivity index (χ3n) is 5.33. The molecule has 1 N–H and O–H groups in total. The lowest BCUT2D eigenvalue weighted by atomic mass is 9.96. The molecule has 1 saturated heterocycles. The van der Waals surface area contributed by atoms with Crippen LogP contribution in [0.25, 0.3) is 0 Å². The Morgan fingerprint density at radius 2 is 1.95 bits per heavy atom. The topological polar surface area (TPSA) is 18.5 Å². The van der Waals surface area contributed by atoms with Crippen molar-refractivity contribution in [2.45, 2.75) is 64.0 Å². The van der Waals surface area contributed by atoms with Gasteiger partial charge in [0.25, 0.3) is 0 Å². The highest BCUT2D eigenvalue weighted by atomic mass is 15.2. The Labute approximate surface area is 126 Å². The molecule has 2 atom stereocenters. The zero-order valence-electron chi connectivity index (χ0n) is 13.9. The van der Waals surface area contributed by atoms with Gasteiger partial charge in [0.1, 0.15) is 0 Å². The van der Waals surface area contributed by atoms with E-state index < -0.39 is 0 Å². The molecular weight excluding hydrogens is 246 g/mol. The van der Waals surface area contributed by atoms with Gasteiger partial charge in [-0.15, -0.1) is 0 Å². The second-order valence-corrected chi connectivity index (χ2v) is 7.10. The minimum absolute atomic E-state index is 0.717. The Bertz CT molecular complexity index is 263. The Hall–Kier alpha value is -0.120.